The fourth-order valence-corrected chi connectivity index (χ4v) is 7.76. The molecule has 3 heteroatoms. The summed E-state index contributed by atoms with van der Waals surface area (Å²) < 4.78 is 0. The Bertz CT molecular complexity index is 192. The summed E-state index contributed by atoms with van der Waals surface area (Å²) in [4.78, 5) is 0. The first kappa shape index (κ1) is 21.2. The fraction of sp³-hybridized carbons (Fsp3) is 0.750. The van der Waals surface area contributed by atoms with Gasteiger partial charge >= 0.3 is 23.1 Å². The molecule has 0 spiro atoms. The standard InChI is InChI=1S/C12H23Si.BrH.Mg/c1-8-9-13(10(2)3,11(4)5)12(6)7;;/h10-12H,1H2,2-7H3;1H;/q-1;;+2/p-1. The van der Waals surface area contributed by atoms with Crippen LogP contribution in [0.15, 0.2) is 0 Å². The van der Waals surface area contributed by atoms with E-state index in [1.54, 1.807) is 0 Å². The second kappa shape index (κ2) is 8.98. The molecule has 0 aliphatic rings. The number of hydrogen-bond donors (Lipinski definition) is 0. The number of halogens is 1. The van der Waals surface area contributed by atoms with Crippen LogP contribution >= 0.6 is 0 Å². The van der Waals surface area contributed by atoms with Crippen LogP contribution in [0.25, 0.3) is 0 Å². The van der Waals surface area contributed by atoms with Crippen LogP contribution in [0.4, 0.5) is 0 Å². The predicted octanol–water partition coefficient (Wildman–Crippen LogP) is 0.665. The smallest absolute Gasteiger partial charge is 1.00 e. The van der Waals surface area contributed by atoms with E-state index in [4.69, 9.17) is 0 Å². The van der Waals surface area contributed by atoms with E-state index >= 15 is 0 Å². The molecule has 0 nitrogen and oxygen atoms in total. The summed E-state index contributed by atoms with van der Waals surface area (Å²) in [5.41, 5.74) is 5.64. The summed E-state index contributed by atoms with van der Waals surface area (Å²) in [6.07, 6.45) is 0. The Balaban J connectivity index is -0.000000720. The van der Waals surface area contributed by atoms with Crippen LogP contribution in [0.5, 0.6) is 0 Å². The molecule has 15 heavy (non-hydrogen) atoms. The van der Waals surface area contributed by atoms with Crippen molar-refractivity contribution in [2.75, 3.05) is 0 Å². The van der Waals surface area contributed by atoms with Gasteiger partial charge in [-0.25, -0.2) is 0 Å². The molecule has 0 radical (unpaired) electrons. The summed E-state index contributed by atoms with van der Waals surface area (Å²) in [5.74, 6) is 2.91. The Hall–Kier alpha value is 0.893. The van der Waals surface area contributed by atoms with Gasteiger partial charge < -0.3 is 22.5 Å². The van der Waals surface area contributed by atoms with Crippen LogP contribution in [0.3, 0.4) is 0 Å². The van der Waals surface area contributed by atoms with Crippen molar-refractivity contribution in [3.8, 4) is 11.5 Å². The monoisotopic (exact) mass is 298 g/mol. The van der Waals surface area contributed by atoms with Crippen molar-refractivity contribution in [3.63, 3.8) is 0 Å². The van der Waals surface area contributed by atoms with E-state index in [0.717, 1.165) is 16.6 Å². The quantitative estimate of drug-likeness (QED) is 0.408. The van der Waals surface area contributed by atoms with E-state index in [1.165, 1.54) is 0 Å². The third-order valence-electron chi connectivity index (χ3n) is 3.17. The third kappa shape index (κ3) is 4.72. The van der Waals surface area contributed by atoms with Crippen LogP contribution in [0.1, 0.15) is 41.5 Å². The van der Waals surface area contributed by atoms with Gasteiger partial charge in [0.1, 0.15) is 0 Å². The Kier molecular flexibility index (Phi) is 12.7. The molecule has 0 saturated carbocycles. The SMILES string of the molecule is [Br-].[CH2-]C#C[Si](C(C)C)(C(C)C)C(C)C.[Mg+2]. The molecule has 84 valence electrons. The molecule has 0 fully saturated rings. The average molecular weight is 300 g/mol. The van der Waals surface area contributed by atoms with Crippen LogP contribution < -0.4 is 17.0 Å². The van der Waals surface area contributed by atoms with Crippen molar-refractivity contribution >= 4 is 31.1 Å². The van der Waals surface area contributed by atoms with Gasteiger partial charge in [0.15, 0.2) is 0 Å². The maximum Gasteiger partial charge on any atom is 2.00 e. The maximum absolute atomic E-state index is 3.69. The molecule has 0 heterocycles. The van der Waals surface area contributed by atoms with Crippen LogP contribution in [-0.4, -0.2) is 31.1 Å². The van der Waals surface area contributed by atoms with Gasteiger partial charge in [-0.15, -0.1) is 0 Å². The topological polar surface area (TPSA) is 0 Å². The van der Waals surface area contributed by atoms with E-state index in [-0.39, 0.29) is 40.0 Å². The van der Waals surface area contributed by atoms with Crippen molar-refractivity contribution in [1.82, 2.24) is 0 Å². The van der Waals surface area contributed by atoms with Gasteiger partial charge in [-0.1, -0.05) is 58.2 Å². The molecule has 0 aliphatic carbocycles. The zero-order valence-electron chi connectivity index (χ0n) is 11.0. The summed E-state index contributed by atoms with van der Waals surface area (Å²) in [7, 11) is -1.45. The number of hydrogen-bond acceptors (Lipinski definition) is 0. The second-order valence-electron chi connectivity index (χ2n) is 4.70. The van der Waals surface area contributed by atoms with Gasteiger partial charge in [-0.3, -0.25) is 5.92 Å². The van der Waals surface area contributed by atoms with Crippen LogP contribution in [0.2, 0.25) is 16.6 Å². The summed E-state index contributed by atoms with van der Waals surface area (Å²) >= 11 is 0. The Morgan fingerprint density at radius 2 is 1.13 bits per heavy atom. The van der Waals surface area contributed by atoms with Crippen molar-refractivity contribution < 1.29 is 17.0 Å². The first-order valence-electron chi connectivity index (χ1n) is 5.18. The van der Waals surface area contributed by atoms with Crippen LogP contribution in [-0.2, 0) is 0 Å². The zero-order chi connectivity index (χ0) is 10.6. The maximum atomic E-state index is 3.69. The van der Waals surface area contributed by atoms with Gasteiger partial charge in [0.05, 0.1) is 0 Å². The van der Waals surface area contributed by atoms with Gasteiger partial charge in [-0.2, -0.15) is 6.92 Å². The van der Waals surface area contributed by atoms with Gasteiger partial charge in [-0.05, 0) is 0 Å². The summed E-state index contributed by atoms with van der Waals surface area (Å²) in [6.45, 7) is 17.6. The first-order valence-corrected chi connectivity index (χ1v) is 7.42. The Morgan fingerprint density at radius 3 is 1.20 bits per heavy atom. The third-order valence-corrected chi connectivity index (χ3v) is 9.51. The first-order chi connectivity index (χ1) is 5.89. The van der Waals surface area contributed by atoms with Crippen molar-refractivity contribution in [2.24, 2.45) is 0 Å². The average Bonchev–Trinajstić information content (AvgIpc) is 1.97. The van der Waals surface area contributed by atoms with Crippen molar-refractivity contribution in [2.45, 2.75) is 58.2 Å². The van der Waals surface area contributed by atoms with E-state index < -0.39 is 8.07 Å². The van der Waals surface area contributed by atoms with Gasteiger partial charge in [0.25, 0.3) is 0 Å². The molecule has 0 aromatic heterocycles. The fourth-order valence-electron chi connectivity index (χ4n) is 2.59. The van der Waals surface area contributed by atoms with Crippen molar-refractivity contribution in [1.29, 1.82) is 0 Å². The van der Waals surface area contributed by atoms with Gasteiger partial charge in [0, 0.05) is 8.07 Å². The molecule has 0 aliphatic heterocycles. The minimum atomic E-state index is -1.45. The molecule has 0 unspecified atom stereocenters. The minimum Gasteiger partial charge on any atom is -1.00 e. The number of rotatable bonds is 3. The normalized spacial score (nSPS) is 10.5. The van der Waals surface area contributed by atoms with E-state index in [9.17, 15) is 0 Å². The molecule has 0 atom stereocenters. The Morgan fingerprint density at radius 1 is 0.867 bits per heavy atom. The van der Waals surface area contributed by atoms with E-state index in [0.29, 0.717) is 0 Å². The predicted molar refractivity (Wildman–Crippen MR) is 69.9 cm³/mol. The van der Waals surface area contributed by atoms with Gasteiger partial charge in [0.2, 0.25) is 0 Å². The van der Waals surface area contributed by atoms with E-state index in [2.05, 4.69) is 59.9 Å². The summed E-state index contributed by atoms with van der Waals surface area (Å²) in [6, 6.07) is 0. The Labute approximate surface area is 124 Å². The molecule has 0 aromatic carbocycles. The molecule has 0 bridgehead atoms. The van der Waals surface area contributed by atoms with Crippen molar-refractivity contribution in [3.05, 3.63) is 6.92 Å². The molecular formula is C12H23BrMgSi. The zero-order valence-corrected chi connectivity index (χ0v) is 15.0. The summed E-state index contributed by atoms with van der Waals surface area (Å²) in [5, 5.41) is 0. The molecule has 0 N–H and O–H groups in total. The van der Waals surface area contributed by atoms with Crippen LogP contribution in [0, 0.1) is 18.4 Å². The molecule has 0 rings (SSSR count). The van der Waals surface area contributed by atoms with E-state index in [1.807, 2.05) is 0 Å². The second-order valence-corrected chi connectivity index (χ2v) is 10.3. The minimum absolute atomic E-state index is 0. The molecule has 0 saturated heterocycles. The largest absolute Gasteiger partial charge is 2.00 e. The molecule has 0 amide bonds. The molecule has 0 aromatic rings. The molecular weight excluding hydrogens is 276 g/mol.